The zero-order valence-electron chi connectivity index (χ0n) is 13.0. The first kappa shape index (κ1) is 16.9. The highest BCUT2D eigenvalue weighted by atomic mass is 32.1. The van der Waals surface area contributed by atoms with E-state index in [0.717, 1.165) is 32.0 Å². The van der Waals surface area contributed by atoms with Crippen molar-refractivity contribution >= 4 is 22.7 Å². The van der Waals surface area contributed by atoms with Crippen molar-refractivity contribution < 1.29 is 13.2 Å². The van der Waals surface area contributed by atoms with Gasteiger partial charge in [-0.15, -0.1) is 22.7 Å². The number of thiazole rings is 1. The van der Waals surface area contributed by atoms with Gasteiger partial charge in [0.1, 0.15) is 0 Å². The Hall–Kier alpha value is -2.58. The average molecular weight is 388 g/mol. The number of rotatable bonds is 3. The monoisotopic (exact) mass is 388 g/mol. The Morgan fingerprint density at radius 1 is 0.923 bits per heavy atom. The maximum atomic E-state index is 12.7. The van der Waals surface area contributed by atoms with Crippen LogP contribution in [0.3, 0.4) is 0 Å². The first-order chi connectivity index (χ1) is 12.5. The highest BCUT2D eigenvalue weighted by Gasteiger charge is 2.34. The number of hydrogen-bond acceptors (Lipinski definition) is 5. The lowest BCUT2D eigenvalue weighted by molar-refractivity contribution is -0.140. The van der Waals surface area contributed by atoms with Crippen molar-refractivity contribution in [3.8, 4) is 31.8 Å². The van der Waals surface area contributed by atoms with Crippen LogP contribution in [0.25, 0.3) is 31.8 Å². The third-order valence-electron chi connectivity index (χ3n) is 3.50. The Kier molecular flexibility index (Phi) is 4.29. The molecule has 3 heterocycles. The van der Waals surface area contributed by atoms with Crippen LogP contribution in [-0.4, -0.2) is 15.0 Å². The molecular weight excluding hydrogens is 379 g/mol. The van der Waals surface area contributed by atoms with Crippen LogP contribution in [0.15, 0.2) is 53.9 Å². The van der Waals surface area contributed by atoms with Crippen molar-refractivity contribution in [1.82, 2.24) is 15.0 Å². The summed E-state index contributed by atoms with van der Waals surface area (Å²) in [6.07, 6.45) is -1.77. The van der Waals surface area contributed by atoms with Gasteiger partial charge in [0.2, 0.25) is 0 Å². The quantitative estimate of drug-likeness (QED) is 0.444. The maximum absolute atomic E-state index is 12.7. The lowest BCUT2D eigenvalue weighted by Crippen LogP contribution is -2.05. The van der Waals surface area contributed by atoms with Crippen LogP contribution in [0.2, 0.25) is 0 Å². The van der Waals surface area contributed by atoms with Gasteiger partial charge in [-0.25, -0.2) is 15.0 Å². The summed E-state index contributed by atoms with van der Waals surface area (Å²) in [6.45, 7) is 0. The maximum Gasteiger partial charge on any atom is 0.434 e. The highest BCUT2D eigenvalue weighted by molar-refractivity contribution is 7.18. The molecule has 26 heavy (non-hydrogen) atoms. The van der Waals surface area contributed by atoms with Gasteiger partial charge in [-0.1, -0.05) is 30.3 Å². The van der Waals surface area contributed by atoms with E-state index in [4.69, 9.17) is 0 Å². The van der Waals surface area contributed by atoms with Gasteiger partial charge >= 0.3 is 6.18 Å². The zero-order valence-corrected chi connectivity index (χ0v) is 14.6. The molecule has 0 N–H and O–H groups in total. The molecule has 1 radical (unpaired) electrons. The van der Waals surface area contributed by atoms with E-state index in [2.05, 4.69) is 21.1 Å². The smallest absolute Gasteiger partial charge is 0.228 e. The van der Waals surface area contributed by atoms with Crippen molar-refractivity contribution in [2.45, 2.75) is 6.18 Å². The molecule has 8 heteroatoms. The van der Waals surface area contributed by atoms with Crippen molar-refractivity contribution in [2.75, 3.05) is 0 Å². The lowest BCUT2D eigenvalue weighted by Gasteiger charge is -2.01. The van der Waals surface area contributed by atoms with Gasteiger partial charge in [-0.2, -0.15) is 13.2 Å². The summed E-state index contributed by atoms with van der Waals surface area (Å²) in [5.74, 6) is 0.137. The van der Waals surface area contributed by atoms with Crippen LogP contribution in [0.5, 0.6) is 0 Å². The predicted molar refractivity (Wildman–Crippen MR) is 95.7 cm³/mol. The first-order valence-electron chi connectivity index (χ1n) is 7.44. The summed E-state index contributed by atoms with van der Waals surface area (Å²) in [6, 6.07) is 15.4. The van der Waals surface area contributed by atoms with E-state index in [9.17, 15) is 13.2 Å². The van der Waals surface area contributed by atoms with E-state index < -0.39 is 11.9 Å². The molecule has 4 rings (SSSR count). The molecule has 0 aliphatic rings. The standard InChI is InChI=1S/C18H9F3N3S2/c19-18(20,21)15-10-25-17(24-15)16-22-9-8-12(23-16)14-7-6-13(26-14)11-4-2-1-3-5-11/h1-8,10H. The van der Waals surface area contributed by atoms with Gasteiger partial charge in [0.05, 0.1) is 16.8 Å². The van der Waals surface area contributed by atoms with E-state index in [-0.39, 0.29) is 10.8 Å². The summed E-state index contributed by atoms with van der Waals surface area (Å²) in [5, 5.41) is 1.08. The molecule has 4 aromatic rings. The number of hydrogen-bond donors (Lipinski definition) is 0. The van der Waals surface area contributed by atoms with Gasteiger partial charge in [0.25, 0.3) is 0 Å². The highest BCUT2D eigenvalue weighted by Crippen LogP contribution is 2.35. The Morgan fingerprint density at radius 3 is 2.42 bits per heavy atom. The minimum atomic E-state index is -4.48. The SMILES string of the molecule is FC(F)(F)c1csc(-c2n[c]cc(-c3ccc(-c4ccccc4)s3)n2)n1. The topological polar surface area (TPSA) is 38.7 Å². The summed E-state index contributed by atoms with van der Waals surface area (Å²) in [5.41, 5.74) is 0.761. The summed E-state index contributed by atoms with van der Waals surface area (Å²) in [4.78, 5) is 13.9. The number of thiophene rings is 1. The van der Waals surface area contributed by atoms with Crippen molar-refractivity contribution in [3.63, 3.8) is 0 Å². The molecule has 0 aliphatic carbocycles. The average Bonchev–Trinajstić information content (AvgIpc) is 3.32. The van der Waals surface area contributed by atoms with Crippen LogP contribution in [0, 0.1) is 6.20 Å². The molecule has 3 aromatic heterocycles. The van der Waals surface area contributed by atoms with Gasteiger partial charge in [0, 0.05) is 10.3 Å². The number of alkyl halides is 3. The van der Waals surface area contributed by atoms with E-state index >= 15 is 0 Å². The second kappa shape index (κ2) is 6.62. The van der Waals surface area contributed by atoms with Crippen LogP contribution in [0.4, 0.5) is 13.2 Å². The second-order valence-corrected chi connectivity index (χ2v) is 7.21. The Bertz CT molecular complexity index is 1040. The fourth-order valence-electron chi connectivity index (χ4n) is 2.29. The molecule has 0 unspecified atom stereocenters. The molecule has 0 amide bonds. The van der Waals surface area contributed by atoms with Gasteiger partial charge in [-0.05, 0) is 23.8 Å². The predicted octanol–water partition coefficient (Wildman–Crippen LogP) is 5.81. The summed E-state index contributed by atoms with van der Waals surface area (Å²) < 4.78 is 38.2. The van der Waals surface area contributed by atoms with E-state index in [1.54, 1.807) is 17.4 Å². The van der Waals surface area contributed by atoms with Crippen LogP contribution in [-0.2, 0) is 6.18 Å². The second-order valence-electron chi connectivity index (χ2n) is 5.27. The van der Waals surface area contributed by atoms with Crippen molar-refractivity contribution in [2.24, 2.45) is 0 Å². The molecule has 0 atom stereocenters. The minimum absolute atomic E-state index is 0.121. The number of halogens is 3. The third-order valence-corrected chi connectivity index (χ3v) is 5.50. The number of benzene rings is 1. The Balaban J connectivity index is 1.66. The van der Waals surface area contributed by atoms with E-state index in [1.807, 2.05) is 42.5 Å². The largest absolute Gasteiger partial charge is 0.434 e. The fraction of sp³-hybridized carbons (Fsp3) is 0.0556. The first-order valence-corrected chi connectivity index (χ1v) is 9.14. The molecule has 129 valence electrons. The van der Waals surface area contributed by atoms with Gasteiger partial charge < -0.3 is 0 Å². The molecular formula is C18H9F3N3S2. The fourth-order valence-corrected chi connectivity index (χ4v) is 4.02. The van der Waals surface area contributed by atoms with Crippen LogP contribution >= 0.6 is 22.7 Å². The minimum Gasteiger partial charge on any atom is -0.228 e. The zero-order chi connectivity index (χ0) is 18.1. The molecule has 0 fully saturated rings. The Morgan fingerprint density at radius 2 is 1.69 bits per heavy atom. The van der Waals surface area contributed by atoms with Gasteiger partial charge in [0.15, 0.2) is 16.5 Å². The third kappa shape index (κ3) is 3.38. The van der Waals surface area contributed by atoms with Crippen LogP contribution < -0.4 is 0 Å². The van der Waals surface area contributed by atoms with E-state index in [1.165, 1.54) is 0 Å². The molecule has 0 bridgehead atoms. The van der Waals surface area contributed by atoms with E-state index in [0.29, 0.717) is 5.69 Å². The molecule has 1 aromatic carbocycles. The Labute approximate surface area is 154 Å². The molecule has 3 nitrogen and oxygen atoms in total. The lowest BCUT2D eigenvalue weighted by atomic mass is 10.2. The molecule has 0 saturated carbocycles. The number of aromatic nitrogens is 3. The normalized spacial score (nSPS) is 11.7. The van der Waals surface area contributed by atoms with Gasteiger partial charge in [-0.3, -0.25) is 0 Å². The summed E-state index contributed by atoms with van der Waals surface area (Å²) in [7, 11) is 0. The number of nitrogens with zero attached hydrogens (tertiary/aromatic N) is 3. The molecule has 0 aliphatic heterocycles. The van der Waals surface area contributed by atoms with Crippen LogP contribution in [0.1, 0.15) is 5.69 Å². The molecule has 0 spiro atoms. The molecule has 0 saturated heterocycles. The van der Waals surface area contributed by atoms with Crippen molar-refractivity contribution in [3.05, 3.63) is 65.8 Å². The summed E-state index contributed by atoms with van der Waals surface area (Å²) >= 11 is 2.41. The van der Waals surface area contributed by atoms with Crippen molar-refractivity contribution in [1.29, 1.82) is 0 Å².